The number of hydrogen-bond donors (Lipinski definition) is 0. The van der Waals surface area contributed by atoms with Gasteiger partial charge in [-0.3, -0.25) is 14.0 Å². The molecule has 0 radical (unpaired) electrons. The first-order chi connectivity index (χ1) is 14.5. The molecular formula is C21H20ClN5O2S. The molecule has 9 heteroatoms. The summed E-state index contributed by atoms with van der Waals surface area (Å²) in [5.74, 6) is 0.601. The molecule has 0 bridgehead atoms. The fourth-order valence-electron chi connectivity index (χ4n) is 4.05. The minimum Gasteiger partial charge on any atom is -0.368 e. The zero-order valence-corrected chi connectivity index (χ0v) is 18.0. The molecule has 1 fully saturated rings. The molecule has 7 nitrogen and oxygen atoms in total. The monoisotopic (exact) mass is 441 g/mol. The van der Waals surface area contributed by atoms with Gasteiger partial charge < -0.3 is 9.80 Å². The molecule has 30 heavy (non-hydrogen) atoms. The van der Waals surface area contributed by atoms with E-state index in [1.165, 1.54) is 4.68 Å². The summed E-state index contributed by atoms with van der Waals surface area (Å²) in [6, 6.07) is 11.6. The molecule has 154 valence electrons. The molecule has 0 aliphatic carbocycles. The van der Waals surface area contributed by atoms with Crippen LogP contribution in [0.1, 0.15) is 5.82 Å². The average molecular weight is 442 g/mol. The van der Waals surface area contributed by atoms with E-state index in [-0.39, 0.29) is 18.0 Å². The number of carbonyl (C=O) groups is 1. The Labute approximate surface area is 181 Å². The highest BCUT2D eigenvalue weighted by Crippen LogP contribution is 2.24. The fourth-order valence-corrected chi connectivity index (χ4v) is 5.04. The largest absolute Gasteiger partial charge is 0.368 e. The highest BCUT2D eigenvalue weighted by Gasteiger charge is 2.23. The van der Waals surface area contributed by atoms with Crippen LogP contribution in [0.5, 0.6) is 0 Å². The second-order valence-corrected chi connectivity index (χ2v) is 8.78. The van der Waals surface area contributed by atoms with Crippen molar-refractivity contribution >= 4 is 50.3 Å². The summed E-state index contributed by atoms with van der Waals surface area (Å²) in [6.45, 7) is 4.45. The molecule has 1 amide bonds. The number of fused-ring (bicyclic) bond motifs is 3. The molecule has 0 atom stereocenters. The SMILES string of the molecule is Cc1nn(CC(=O)N2CCN(c3cccc(Cl)c3)CC2)c(=O)c2cc3sccc3n12. The minimum absolute atomic E-state index is 0.0494. The van der Waals surface area contributed by atoms with Gasteiger partial charge in [0.2, 0.25) is 5.91 Å². The maximum Gasteiger partial charge on any atom is 0.291 e. The number of halogens is 1. The highest BCUT2D eigenvalue weighted by molar-refractivity contribution is 7.17. The van der Waals surface area contributed by atoms with Crippen LogP contribution >= 0.6 is 22.9 Å². The number of piperazine rings is 1. The lowest BCUT2D eigenvalue weighted by atomic mass is 10.2. The number of nitrogens with zero attached hydrogens (tertiary/aromatic N) is 5. The molecule has 1 aliphatic rings. The van der Waals surface area contributed by atoms with Crippen molar-refractivity contribution in [3.8, 4) is 0 Å². The van der Waals surface area contributed by atoms with Crippen molar-refractivity contribution in [3.63, 3.8) is 0 Å². The van der Waals surface area contributed by atoms with Crippen LogP contribution in [-0.4, -0.2) is 51.2 Å². The van der Waals surface area contributed by atoms with Crippen molar-refractivity contribution in [2.24, 2.45) is 0 Å². The van der Waals surface area contributed by atoms with Crippen molar-refractivity contribution in [2.45, 2.75) is 13.5 Å². The summed E-state index contributed by atoms with van der Waals surface area (Å²) in [6.07, 6.45) is 0. The van der Waals surface area contributed by atoms with Gasteiger partial charge in [0.15, 0.2) is 0 Å². The van der Waals surface area contributed by atoms with E-state index in [1.54, 1.807) is 16.2 Å². The lowest BCUT2D eigenvalue weighted by Crippen LogP contribution is -2.50. The molecule has 3 aromatic heterocycles. The molecule has 1 aliphatic heterocycles. The molecule has 1 aromatic carbocycles. The van der Waals surface area contributed by atoms with Crippen LogP contribution in [-0.2, 0) is 11.3 Å². The van der Waals surface area contributed by atoms with Gasteiger partial charge in [0, 0.05) is 36.9 Å². The zero-order valence-electron chi connectivity index (χ0n) is 16.4. The maximum absolute atomic E-state index is 12.9. The summed E-state index contributed by atoms with van der Waals surface area (Å²) < 4.78 is 4.19. The van der Waals surface area contributed by atoms with E-state index in [0.29, 0.717) is 29.5 Å². The van der Waals surface area contributed by atoms with Gasteiger partial charge in [0.25, 0.3) is 5.56 Å². The van der Waals surface area contributed by atoms with Crippen LogP contribution in [0.4, 0.5) is 5.69 Å². The molecule has 0 N–H and O–H groups in total. The van der Waals surface area contributed by atoms with Crippen molar-refractivity contribution in [1.82, 2.24) is 19.1 Å². The Hall–Kier alpha value is -2.84. The van der Waals surface area contributed by atoms with Gasteiger partial charge in [-0.2, -0.15) is 5.10 Å². The van der Waals surface area contributed by atoms with Gasteiger partial charge in [-0.1, -0.05) is 17.7 Å². The minimum atomic E-state index is -0.241. The van der Waals surface area contributed by atoms with Crippen molar-refractivity contribution in [3.05, 3.63) is 63.0 Å². The standard InChI is InChI=1S/C21H20ClN5O2S/c1-14-23-26(21(29)18-12-19-17(27(14)18)5-10-30-19)13-20(28)25-8-6-24(7-9-25)16-4-2-3-15(22)11-16/h2-5,10-12H,6-9,13H2,1H3. The Morgan fingerprint density at radius 1 is 1.13 bits per heavy atom. The topological polar surface area (TPSA) is 62.9 Å². The third kappa shape index (κ3) is 3.26. The second-order valence-electron chi connectivity index (χ2n) is 7.39. The molecule has 5 rings (SSSR count). The quantitative estimate of drug-likeness (QED) is 0.490. The van der Waals surface area contributed by atoms with Crippen molar-refractivity contribution < 1.29 is 4.79 Å². The first-order valence-electron chi connectivity index (χ1n) is 9.76. The summed E-state index contributed by atoms with van der Waals surface area (Å²) >= 11 is 7.68. The Bertz CT molecular complexity index is 1320. The van der Waals surface area contributed by atoms with Crippen LogP contribution < -0.4 is 10.5 Å². The van der Waals surface area contributed by atoms with Gasteiger partial charge in [-0.05, 0) is 42.6 Å². The van der Waals surface area contributed by atoms with Crippen molar-refractivity contribution in [1.29, 1.82) is 0 Å². The smallest absolute Gasteiger partial charge is 0.291 e. The molecule has 0 unspecified atom stereocenters. The van der Waals surface area contributed by atoms with Gasteiger partial charge in [-0.25, -0.2) is 4.68 Å². The summed E-state index contributed by atoms with van der Waals surface area (Å²) in [5, 5.41) is 7.11. The molecule has 4 aromatic rings. The van der Waals surface area contributed by atoms with E-state index in [1.807, 2.05) is 53.1 Å². The van der Waals surface area contributed by atoms with E-state index in [0.717, 1.165) is 29.0 Å². The molecular weight excluding hydrogens is 422 g/mol. The van der Waals surface area contributed by atoms with Crippen LogP contribution in [0.2, 0.25) is 5.02 Å². The summed E-state index contributed by atoms with van der Waals surface area (Å²) in [4.78, 5) is 29.8. The summed E-state index contributed by atoms with van der Waals surface area (Å²) in [7, 11) is 0. The Kier molecular flexibility index (Phi) is 4.75. The number of aryl methyl sites for hydroxylation is 1. The van der Waals surface area contributed by atoms with Crippen molar-refractivity contribution in [2.75, 3.05) is 31.1 Å². The van der Waals surface area contributed by atoms with E-state index in [2.05, 4.69) is 10.00 Å². The van der Waals surface area contributed by atoms with Gasteiger partial charge in [-0.15, -0.1) is 11.3 Å². The maximum atomic E-state index is 12.9. The number of aromatic nitrogens is 3. The normalized spacial score (nSPS) is 14.7. The number of rotatable bonds is 3. The number of anilines is 1. The van der Waals surface area contributed by atoms with E-state index >= 15 is 0 Å². The average Bonchev–Trinajstić information content (AvgIpc) is 3.33. The Balaban J connectivity index is 1.33. The number of carbonyl (C=O) groups excluding carboxylic acids is 1. The van der Waals surface area contributed by atoms with Crippen LogP contribution in [0, 0.1) is 6.92 Å². The van der Waals surface area contributed by atoms with Gasteiger partial charge in [0.05, 0.1) is 10.2 Å². The second kappa shape index (κ2) is 7.45. The molecule has 0 saturated carbocycles. The first kappa shape index (κ1) is 19.1. The van der Waals surface area contributed by atoms with Gasteiger partial charge in [0.1, 0.15) is 17.9 Å². The Morgan fingerprint density at radius 2 is 1.93 bits per heavy atom. The highest BCUT2D eigenvalue weighted by atomic mass is 35.5. The predicted octanol–water partition coefficient (Wildman–Crippen LogP) is 3.02. The fraction of sp³-hybridized carbons (Fsp3) is 0.286. The van der Waals surface area contributed by atoms with E-state index < -0.39 is 0 Å². The lowest BCUT2D eigenvalue weighted by molar-refractivity contribution is -0.132. The van der Waals surface area contributed by atoms with Crippen LogP contribution in [0.3, 0.4) is 0 Å². The third-order valence-electron chi connectivity index (χ3n) is 5.56. The molecule has 4 heterocycles. The van der Waals surface area contributed by atoms with E-state index in [4.69, 9.17) is 11.6 Å². The van der Waals surface area contributed by atoms with Gasteiger partial charge >= 0.3 is 0 Å². The van der Waals surface area contributed by atoms with E-state index in [9.17, 15) is 9.59 Å². The third-order valence-corrected chi connectivity index (χ3v) is 6.64. The number of hydrogen-bond acceptors (Lipinski definition) is 5. The zero-order chi connectivity index (χ0) is 20.8. The predicted molar refractivity (Wildman–Crippen MR) is 120 cm³/mol. The number of amides is 1. The van der Waals surface area contributed by atoms with Crippen LogP contribution in [0.25, 0.3) is 15.7 Å². The Morgan fingerprint density at radius 3 is 2.70 bits per heavy atom. The first-order valence-corrected chi connectivity index (χ1v) is 11.0. The lowest BCUT2D eigenvalue weighted by Gasteiger charge is -2.36. The van der Waals surface area contributed by atoms with Crippen LogP contribution in [0.15, 0.2) is 46.6 Å². The summed E-state index contributed by atoms with van der Waals surface area (Å²) in [5.41, 5.74) is 2.35. The number of thiophene rings is 1. The number of benzene rings is 1. The molecule has 0 spiro atoms. The molecule has 1 saturated heterocycles.